The van der Waals surface area contributed by atoms with Gasteiger partial charge in [0.05, 0.1) is 0 Å². The van der Waals surface area contributed by atoms with E-state index in [0.717, 1.165) is 6.42 Å². The average molecular weight is 219 g/mol. The molecule has 0 aliphatic heterocycles. The van der Waals surface area contributed by atoms with Crippen molar-refractivity contribution >= 4 is 5.91 Å². The number of carbonyl (C=O) groups excluding carboxylic acids is 1. The van der Waals surface area contributed by atoms with Gasteiger partial charge in [-0.1, -0.05) is 24.3 Å². The van der Waals surface area contributed by atoms with Crippen LogP contribution in [0, 0.1) is 0 Å². The summed E-state index contributed by atoms with van der Waals surface area (Å²) < 4.78 is 0. The first-order valence-corrected chi connectivity index (χ1v) is 5.57. The maximum Gasteiger partial charge on any atom is 0.251 e. The summed E-state index contributed by atoms with van der Waals surface area (Å²) in [5.41, 5.74) is 1.40. The van der Waals surface area contributed by atoms with E-state index in [1.54, 1.807) is 0 Å². The molecule has 0 bridgehead atoms. The van der Waals surface area contributed by atoms with E-state index < -0.39 is 5.60 Å². The number of rotatable bonds is 3. The topological polar surface area (TPSA) is 49.3 Å². The molecule has 16 heavy (non-hydrogen) atoms. The van der Waals surface area contributed by atoms with Gasteiger partial charge in [-0.2, -0.15) is 0 Å². The van der Waals surface area contributed by atoms with Crippen LogP contribution in [0.25, 0.3) is 0 Å². The first-order chi connectivity index (χ1) is 7.48. The van der Waals surface area contributed by atoms with Crippen molar-refractivity contribution in [3.05, 3.63) is 35.4 Å². The maximum absolute atomic E-state index is 11.5. The molecular weight excluding hydrogens is 202 g/mol. The van der Waals surface area contributed by atoms with Crippen molar-refractivity contribution in [1.82, 2.24) is 5.32 Å². The molecule has 1 unspecified atom stereocenters. The fourth-order valence-electron chi connectivity index (χ4n) is 1.98. The molecule has 3 heteroatoms. The molecule has 0 spiro atoms. The summed E-state index contributed by atoms with van der Waals surface area (Å²) in [6.45, 7) is 3.61. The van der Waals surface area contributed by atoms with Crippen LogP contribution in [0.3, 0.4) is 0 Å². The standard InChI is InChI=1S/C13H17NO2/c1-13(2,16)12(15)14-8-10-7-9-5-3-4-6-11(9)10/h3-6,10,16H,7-8H2,1-2H3,(H,14,15). The van der Waals surface area contributed by atoms with Crippen LogP contribution in [0.4, 0.5) is 0 Å². The predicted molar refractivity (Wildman–Crippen MR) is 62.2 cm³/mol. The highest BCUT2D eigenvalue weighted by atomic mass is 16.3. The van der Waals surface area contributed by atoms with Crippen LogP contribution >= 0.6 is 0 Å². The van der Waals surface area contributed by atoms with Crippen molar-refractivity contribution in [3.63, 3.8) is 0 Å². The van der Waals surface area contributed by atoms with Crippen LogP contribution in [-0.4, -0.2) is 23.2 Å². The lowest BCUT2D eigenvalue weighted by atomic mass is 9.77. The molecular formula is C13H17NO2. The van der Waals surface area contributed by atoms with Crippen LogP contribution in [0.5, 0.6) is 0 Å². The van der Waals surface area contributed by atoms with Crippen LogP contribution in [-0.2, 0) is 11.2 Å². The van der Waals surface area contributed by atoms with Crippen LogP contribution in [0.1, 0.15) is 30.9 Å². The van der Waals surface area contributed by atoms with E-state index in [1.807, 2.05) is 12.1 Å². The molecule has 1 aromatic carbocycles. The van der Waals surface area contributed by atoms with E-state index in [0.29, 0.717) is 12.5 Å². The Bertz CT molecular complexity index is 407. The quantitative estimate of drug-likeness (QED) is 0.803. The van der Waals surface area contributed by atoms with Crippen LogP contribution in [0.2, 0.25) is 0 Å². The first-order valence-electron chi connectivity index (χ1n) is 5.57. The Morgan fingerprint density at radius 2 is 2.19 bits per heavy atom. The zero-order valence-electron chi connectivity index (χ0n) is 9.66. The van der Waals surface area contributed by atoms with Gasteiger partial charge in [0.25, 0.3) is 5.91 Å². The zero-order chi connectivity index (χ0) is 11.8. The Hall–Kier alpha value is -1.35. The van der Waals surface area contributed by atoms with E-state index in [2.05, 4.69) is 17.4 Å². The van der Waals surface area contributed by atoms with Gasteiger partial charge in [0, 0.05) is 12.5 Å². The first kappa shape index (κ1) is 11.1. The van der Waals surface area contributed by atoms with Gasteiger partial charge in [0.1, 0.15) is 5.60 Å². The lowest BCUT2D eigenvalue weighted by molar-refractivity contribution is -0.136. The average Bonchev–Trinajstić information content (AvgIpc) is 2.17. The summed E-state index contributed by atoms with van der Waals surface area (Å²) in [5.74, 6) is 0.0966. The molecule has 1 atom stereocenters. The number of aliphatic hydroxyl groups is 1. The van der Waals surface area contributed by atoms with Gasteiger partial charge in [0.15, 0.2) is 0 Å². The third kappa shape index (κ3) is 2.09. The lowest BCUT2D eigenvalue weighted by Crippen LogP contribution is -2.44. The number of hydrogen-bond donors (Lipinski definition) is 2. The predicted octanol–water partition coefficient (Wildman–Crippen LogP) is 1.21. The highest BCUT2D eigenvalue weighted by Gasteiger charge is 2.28. The molecule has 0 saturated heterocycles. The molecule has 1 aliphatic carbocycles. The normalized spacial score (nSPS) is 18.6. The van der Waals surface area contributed by atoms with Gasteiger partial charge in [-0.3, -0.25) is 4.79 Å². The third-order valence-electron chi connectivity index (χ3n) is 3.03. The number of nitrogens with one attached hydrogen (secondary N) is 1. The van der Waals surface area contributed by atoms with Crippen molar-refractivity contribution in [1.29, 1.82) is 0 Å². The van der Waals surface area contributed by atoms with E-state index in [4.69, 9.17) is 0 Å². The van der Waals surface area contributed by atoms with Gasteiger partial charge in [-0.05, 0) is 31.4 Å². The molecule has 1 aromatic rings. The summed E-state index contributed by atoms with van der Waals surface area (Å²) >= 11 is 0. The van der Waals surface area contributed by atoms with E-state index >= 15 is 0 Å². The zero-order valence-corrected chi connectivity index (χ0v) is 9.66. The van der Waals surface area contributed by atoms with E-state index in [9.17, 15) is 9.90 Å². The lowest BCUT2D eigenvalue weighted by Gasteiger charge is -2.31. The van der Waals surface area contributed by atoms with Crippen LogP contribution < -0.4 is 5.32 Å². The van der Waals surface area contributed by atoms with Gasteiger partial charge in [-0.15, -0.1) is 0 Å². The third-order valence-corrected chi connectivity index (χ3v) is 3.03. The minimum absolute atomic E-state index is 0.308. The molecule has 0 aromatic heterocycles. The summed E-state index contributed by atoms with van der Waals surface area (Å²) in [7, 11) is 0. The highest BCUT2D eigenvalue weighted by Crippen LogP contribution is 2.33. The minimum Gasteiger partial charge on any atom is -0.381 e. The second-order valence-electron chi connectivity index (χ2n) is 4.87. The molecule has 0 fully saturated rings. The largest absolute Gasteiger partial charge is 0.381 e. The van der Waals surface area contributed by atoms with Crippen molar-refractivity contribution < 1.29 is 9.90 Å². The maximum atomic E-state index is 11.5. The fraction of sp³-hybridized carbons (Fsp3) is 0.462. The summed E-state index contributed by atoms with van der Waals surface area (Å²) in [4.78, 5) is 11.5. The summed E-state index contributed by atoms with van der Waals surface area (Å²) in [6.07, 6.45) is 1.02. The highest BCUT2D eigenvalue weighted by molar-refractivity contribution is 5.83. The molecule has 3 nitrogen and oxygen atoms in total. The second-order valence-corrected chi connectivity index (χ2v) is 4.87. The molecule has 1 aliphatic rings. The Labute approximate surface area is 95.5 Å². The summed E-state index contributed by atoms with van der Waals surface area (Å²) in [6, 6.07) is 8.26. The second kappa shape index (κ2) is 3.91. The van der Waals surface area contributed by atoms with E-state index in [1.165, 1.54) is 25.0 Å². The molecule has 1 amide bonds. The van der Waals surface area contributed by atoms with Crippen molar-refractivity contribution in [3.8, 4) is 0 Å². The molecule has 0 saturated carbocycles. The Balaban J connectivity index is 1.89. The summed E-state index contributed by atoms with van der Waals surface area (Å²) in [5, 5.41) is 12.2. The number of carbonyl (C=O) groups is 1. The smallest absolute Gasteiger partial charge is 0.251 e. The van der Waals surface area contributed by atoms with Gasteiger partial charge >= 0.3 is 0 Å². The molecule has 2 N–H and O–H groups in total. The van der Waals surface area contributed by atoms with Gasteiger partial charge in [-0.25, -0.2) is 0 Å². The number of benzene rings is 1. The van der Waals surface area contributed by atoms with Gasteiger partial charge in [0.2, 0.25) is 0 Å². The molecule has 86 valence electrons. The molecule has 2 rings (SSSR count). The van der Waals surface area contributed by atoms with Crippen molar-refractivity contribution in [2.45, 2.75) is 31.8 Å². The number of fused-ring (bicyclic) bond motifs is 1. The fourth-order valence-corrected chi connectivity index (χ4v) is 1.98. The SMILES string of the molecule is CC(C)(O)C(=O)NCC1Cc2ccccc21. The Kier molecular flexibility index (Phi) is 2.72. The number of amides is 1. The molecule has 0 radical (unpaired) electrons. The Morgan fingerprint density at radius 3 is 2.81 bits per heavy atom. The van der Waals surface area contributed by atoms with Crippen molar-refractivity contribution in [2.24, 2.45) is 0 Å². The van der Waals surface area contributed by atoms with E-state index in [-0.39, 0.29) is 5.91 Å². The van der Waals surface area contributed by atoms with Gasteiger partial charge < -0.3 is 10.4 Å². The van der Waals surface area contributed by atoms with Crippen molar-refractivity contribution in [2.75, 3.05) is 6.54 Å². The molecule has 0 heterocycles. The van der Waals surface area contributed by atoms with Crippen LogP contribution in [0.15, 0.2) is 24.3 Å². The minimum atomic E-state index is -1.29. The monoisotopic (exact) mass is 219 g/mol. The Morgan fingerprint density at radius 1 is 1.50 bits per heavy atom. The number of hydrogen-bond acceptors (Lipinski definition) is 2.